The number of hydrogen-bond acceptors (Lipinski definition) is 5. The Hall–Kier alpha value is -2.37. The van der Waals surface area contributed by atoms with E-state index in [-0.39, 0.29) is 11.4 Å². The minimum atomic E-state index is -3.93. The van der Waals surface area contributed by atoms with Crippen LogP contribution in [-0.4, -0.2) is 49.8 Å². The Morgan fingerprint density at radius 2 is 1.96 bits per heavy atom. The molecule has 1 heterocycles. The van der Waals surface area contributed by atoms with E-state index in [2.05, 4.69) is 16.0 Å². The van der Waals surface area contributed by atoms with E-state index in [9.17, 15) is 18.0 Å². The fourth-order valence-electron chi connectivity index (χ4n) is 2.40. The highest BCUT2D eigenvalue weighted by Crippen LogP contribution is 2.45. The lowest BCUT2D eigenvalue weighted by atomic mass is 10.1. The number of methoxy groups -OCH3 is 1. The van der Waals surface area contributed by atoms with Gasteiger partial charge in [-0.2, -0.15) is 4.31 Å². The van der Waals surface area contributed by atoms with Crippen molar-refractivity contribution in [2.24, 2.45) is 0 Å². The predicted octanol–water partition coefficient (Wildman–Crippen LogP) is 0.0490. The third-order valence-corrected chi connectivity index (χ3v) is 5.89. The molecule has 1 amide bonds. The van der Waals surface area contributed by atoms with Crippen molar-refractivity contribution in [1.82, 2.24) is 9.62 Å². The van der Waals surface area contributed by atoms with Gasteiger partial charge in [0.05, 0.1) is 12.0 Å². The number of carbonyl (C=O) groups excluding carboxylic acids is 2. The van der Waals surface area contributed by atoms with Crippen molar-refractivity contribution in [3.63, 3.8) is 0 Å². The van der Waals surface area contributed by atoms with Crippen LogP contribution in [0.25, 0.3) is 0 Å². The van der Waals surface area contributed by atoms with Crippen molar-refractivity contribution in [1.29, 1.82) is 0 Å². The first-order valence-electron chi connectivity index (χ1n) is 7.12. The topological polar surface area (TPSA) is 92.6 Å². The first kappa shape index (κ1) is 18.0. The highest BCUT2D eigenvalue weighted by molar-refractivity contribution is 7.89. The van der Waals surface area contributed by atoms with E-state index in [1.54, 1.807) is 12.1 Å². The van der Waals surface area contributed by atoms with E-state index in [0.717, 1.165) is 9.87 Å². The number of rotatable bonds is 5. The number of carbonyl (C=O) groups is 2. The first-order chi connectivity index (χ1) is 11.2. The molecule has 24 heavy (non-hydrogen) atoms. The van der Waals surface area contributed by atoms with Gasteiger partial charge in [-0.3, -0.25) is 9.59 Å². The van der Waals surface area contributed by atoms with Crippen LogP contribution in [-0.2, 0) is 24.3 Å². The summed E-state index contributed by atoms with van der Waals surface area (Å²) in [6.07, 6.45) is 5.44. The molecule has 0 radical (unpaired) electrons. The van der Waals surface area contributed by atoms with E-state index >= 15 is 0 Å². The highest BCUT2D eigenvalue weighted by Gasteiger charge is 2.68. The lowest BCUT2D eigenvalue weighted by Gasteiger charge is -2.08. The van der Waals surface area contributed by atoms with E-state index < -0.39 is 33.5 Å². The second kappa shape index (κ2) is 6.26. The molecule has 8 heteroatoms. The average Bonchev–Trinajstić information content (AvgIpc) is 3.20. The number of nitrogens with one attached hydrogen (secondary N) is 1. The second-order valence-electron chi connectivity index (χ2n) is 5.60. The van der Waals surface area contributed by atoms with Crippen LogP contribution in [0.3, 0.4) is 0 Å². The first-order valence-corrected chi connectivity index (χ1v) is 8.56. The van der Waals surface area contributed by atoms with Crippen LogP contribution in [0.1, 0.15) is 12.5 Å². The molecule has 1 aromatic carbocycles. The number of benzene rings is 1. The summed E-state index contributed by atoms with van der Waals surface area (Å²) in [4.78, 5) is 23.4. The molecule has 128 valence electrons. The summed E-state index contributed by atoms with van der Waals surface area (Å²) in [6, 6.07) is 5.18. The van der Waals surface area contributed by atoms with Gasteiger partial charge < -0.3 is 10.1 Å². The summed E-state index contributed by atoms with van der Waals surface area (Å²) in [6.45, 7) is 2.97. The molecular weight excluding hydrogens is 332 g/mol. The van der Waals surface area contributed by atoms with Crippen molar-refractivity contribution in [2.75, 3.05) is 13.7 Å². The minimum absolute atomic E-state index is 0.0536. The van der Waals surface area contributed by atoms with Gasteiger partial charge in [0, 0.05) is 0 Å². The lowest BCUT2D eigenvalue weighted by Crippen LogP contribution is -2.36. The molecule has 1 N–H and O–H groups in total. The smallest absolute Gasteiger partial charge is 0.325 e. The van der Waals surface area contributed by atoms with Gasteiger partial charge >= 0.3 is 5.97 Å². The number of ether oxygens (including phenoxy) is 1. The summed E-state index contributed by atoms with van der Waals surface area (Å²) in [5.41, 5.74) is -0.365. The third-order valence-electron chi connectivity index (χ3n) is 3.91. The van der Waals surface area contributed by atoms with Gasteiger partial charge in [-0.25, -0.2) is 8.42 Å². The SMILES string of the molecule is C#C[C@@]1(C)[C@@H](C(=O)NCC(=O)OC)N1S(=O)(=O)c1ccc(C)cc1. The van der Waals surface area contributed by atoms with E-state index in [0.29, 0.717) is 0 Å². The minimum Gasteiger partial charge on any atom is -0.468 e. The monoisotopic (exact) mass is 350 g/mol. The number of esters is 1. The molecule has 1 aliphatic rings. The van der Waals surface area contributed by atoms with Crippen LogP contribution in [0.2, 0.25) is 0 Å². The van der Waals surface area contributed by atoms with Crippen LogP contribution in [0.4, 0.5) is 0 Å². The Kier molecular flexibility index (Phi) is 4.69. The summed E-state index contributed by atoms with van der Waals surface area (Å²) >= 11 is 0. The van der Waals surface area contributed by atoms with Crippen LogP contribution < -0.4 is 5.32 Å². The van der Waals surface area contributed by atoms with Gasteiger partial charge in [-0.05, 0) is 26.0 Å². The molecule has 0 aromatic heterocycles. The maximum atomic E-state index is 12.7. The molecule has 0 bridgehead atoms. The largest absolute Gasteiger partial charge is 0.468 e. The van der Waals surface area contributed by atoms with E-state index in [4.69, 9.17) is 6.42 Å². The van der Waals surface area contributed by atoms with Crippen molar-refractivity contribution < 1.29 is 22.7 Å². The van der Waals surface area contributed by atoms with Crippen LogP contribution in [0.15, 0.2) is 29.2 Å². The molecule has 0 spiro atoms. The quantitative estimate of drug-likeness (QED) is 0.460. The fourth-order valence-corrected chi connectivity index (χ4v) is 4.29. The molecule has 1 aliphatic heterocycles. The number of hydrogen-bond donors (Lipinski definition) is 1. The normalized spacial score (nSPS) is 25.4. The van der Waals surface area contributed by atoms with Crippen LogP contribution in [0, 0.1) is 19.3 Å². The molecule has 1 unspecified atom stereocenters. The number of terminal acetylenes is 1. The van der Waals surface area contributed by atoms with Crippen molar-refractivity contribution in [3.05, 3.63) is 29.8 Å². The third kappa shape index (κ3) is 3.00. The highest BCUT2D eigenvalue weighted by atomic mass is 32.2. The second-order valence-corrected chi connectivity index (χ2v) is 7.42. The van der Waals surface area contributed by atoms with Gasteiger partial charge in [-0.1, -0.05) is 23.6 Å². The predicted molar refractivity (Wildman–Crippen MR) is 86.3 cm³/mol. The average molecular weight is 350 g/mol. The Bertz CT molecular complexity index is 810. The molecule has 1 fully saturated rings. The standard InChI is InChI=1S/C16H18N2O5S/c1-5-16(3)14(15(20)17-10-13(19)23-4)18(16)24(21,22)12-8-6-11(2)7-9-12/h1,6-9,14H,10H2,2-4H3,(H,17,20)/t14-,16+,18?/m1/s1. The summed E-state index contributed by atoms with van der Waals surface area (Å²) in [5.74, 6) is 1.07. The number of aryl methyl sites for hydroxylation is 1. The molecular formula is C16H18N2O5S. The van der Waals surface area contributed by atoms with Crippen LogP contribution >= 0.6 is 0 Å². The Morgan fingerprint density at radius 3 is 2.46 bits per heavy atom. The van der Waals surface area contributed by atoms with E-state index in [1.807, 2.05) is 6.92 Å². The lowest BCUT2D eigenvalue weighted by molar-refractivity contribution is -0.141. The molecule has 1 saturated heterocycles. The Morgan fingerprint density at radius 1 is 1.38 bits per heavy atom. The zero-order valence-electron chi connectivity index (χ0n) is 13.6. The van der Waals surface area contributed by atoms with Crippen molar-refractivity contribution >= 4 is 21.9 Å². The molecule has 0 aliphatic carbocycles. The summed E-state index contributed by atoms with van der Waals surface area (Å²) in [7, 11) is -2.74. The van der Waals surface area contributed by atoms with Gasteiger partial charge in [0.15, 0.2) is 0 Å². The maximum absolute atomic E-state index is 12.7. The molecule has 2 rings (SSSR count). The van der Waals surface area contributed by atoms with Crippen molar-refractivity contribution in [3.8, 4) is 12.3 Å². The Balaban J connectivity index is 2.26. The number of nitrogens with zero attached hydrogens (tertiary/aromatic N) is 1. The van der Waals surface area contributed by atoms with Gasteiger partial charge in [0.2, 0.25) is 15.9 Å². The van der Waals surface area contributed by atoms with Gasteiger partial charge in [0.1, 0.15) is 18.1 Å². The van der Waals surface area contributed by atoms with Crippen molar-refractivity contribution in [2.45, 2.75) is 30.3 Å². The molecule has 1 aromatic rings. The number of amides is 1. The molecule has 0 saturated carbocycles. The molecule has 7 nitrogen and oxygen atoms in total. The number of sulfonamides is 1. The van der Waals surface area contributed by atoms with E-state index in [1.165, 1.54) is 26.2 Å². The summed E-state index contributed by atoms with van der Waals surface area (Å²) in [5, 5.41) is 2.33. The fraction of sp³-hybridized carbons (Fsp3) is 0.375. The van der Waals surface area contributed by atoms with Crippen LogP contribution in [0.5, 0.6) is 0 Å². The zero-order valence-corrected chi connectivity index (χ0v) is 14.4. The summed E-state index contributed by atoms with van der Waals surface area (Å²) < 4.78 is 30.9. The Labute approximate surface area is 141 Å². The zero-order chi connectivity index (χ0) is 18.1. The maximum Gasteiger partial charge on any atom is 0.325 e. The van der Waals surface area contributed by atoms with Gasteiger partial charge in [0.25, 0.3) is 0 Å². The van der Waals surface area contributed by atoms with Gasteiger partial charge in [-0.15, -0.1) is 6.42 Å². The molecule has 3 atom stereocenters.